The Hall–Kier alpha value is -3.14. The third kappa shape index (κ3) is 4.98. The number of nitrogens with one attached hydrogen (secondary N) is 1. The van der Waals surface area contributed by atoms with E-state index in [1.54, 1.807) is 0 Å². The molecule has 3 aromatic rings. The van der Waals surface area contributed by atoms with Gasteiger partial charge in [0.1, 0.15) is 11.7 Å². The lowest BCUT2D eigenvalue weighted by atomic mass is 10.1. The second kappa shape index (κ2) is 10.3. The van der Waals surface area contributed by atoms with Gasteiger partial charge in [-0.15, -0.1) is 0 Å². The molecule has 1 aliphatic rings. The van der Waals surface area contributed by atoms with Gasteiger partial charge < -0.3 is 5.32 Å². The average molecular weight is 366 g/mol. The van der Waals surface area contributed by atoms with Gasteiger partial charge >= 0.3 is 0 Å². The van der Waals surface area contributed by atoms with E-state index in [-0.39, 0.29) is 14.6 Å². The van der Waals surface area contributed by atoms with Crippen LogP contribution in [0.3, 0.4) is 0 Å². The van der Waals surface area contributed by atoms with E-state index in [1.807, 2.05) is 50.2 Å². The molecule has 0 saturated heterocycles. The number of hydrogen-bond acceptors (Lipinski definition) is 3. The second-order valence-electron chi connectivity index (χ2n) is 6.10. The second-order valence-corrected chi connectivity index (χ2v) is 6.10. The molecule has 0 atom stereocenters. The van der Waals surface area contributed by atoms with Crippen LogP contribution < -0.4 is 5.32 Å². The zero-order chi connectivity index (χ0) is 19.1. The van der Waals surface area contributed by atoms with Gasteiger partial charge in [0.2, 0.25) is 0 Å². The molecule has 0 fully saturated rings. The molecule has 139 valence electrons. The van der Waals surface area contributed by atoms with E-state index in [0.717, 1.165) is 28.4 Å². The molecule has 1 heterocycles. The van der Waals surface area contributed by atoms with Crippen molar-refractivity contribution < 1.29 is 0 Å². The molecule has 0 bridgehead atoms. The minimum absolute atomic E-state index is 0. The number of nitrogens with zero attached hydrogens (tertiary/aromatic N) is 2. The first-order chi connectivity index (χ1) is 13.3. The molecule has 4 rings (SSSR count). The van der Waals surface area contributed by atoms with E-state index in [4.69, 9.17) is 9.98 Å². The van der Waals surface area contributed by atoms with E-state index in [0.29, 0.717) is 0 Å². The molecule has 0 spiro atoms. The summed E-state index contributed by atoms with van der Waals surface area (Å²) in [6.07, 6.45) is -0.243. The van der Waals surface area contributed by atoms with Gasteiger partial charge in [-0.1, -0.05) is 104 Å². The SMILES string of the molecule is CC.Cc1ccc(C2N=C(c3ccccc3)NC(c3ccccc3)=N2)cc1.[B]. The van der Waals surface area contributed by atoms with Crippen molar-refractivity contribution in [2.75, 3.05) is 0 Å². The lowest BCUT2D eigenvalue weighted by Gasteiger charge is -2.22. The minimum atomic E-state index is -0.243. The number of rotatable bonds is 3. The van der Waals surface area contributed by atoms with Crippen molar-refractivity contribution in [1.82, 2.24) is 5.32 Å². The van der Waals surface area contributed by atoms with Crippen LogP contribution in [-0.2, 0) is 0 Å². The van der Waals surface area contributed by atoms with Crippen molar-refractivity contribution in [2.45, 2.75) is 26.9 Å². The lowest BCUT2D eigenvalue weighted by molar-refractivity contribution is 0.755. The summed E-state index contributed by atoms with van der Waals surface area (Å²) in [6.45, 7) is 6.09. The Labute approximate surface area is 169 Å². The van der Waals surface area contributed by atoms with Gasteiger partial charge in [0.15, 0.2) is 6.17 Å². The predicted octanol–water partition coefficient (Wildman–Crippen LogP) is 5.14. The zero-order valence-corrected chi connectivity index (χ0v) is 16.6. The highest BCUT2D eigenvalue weighted by Gasteiger charge is 2.20. The fourth-order valence-corrected chi connectivity index (χ4v) is 2.82. The van der Waals surface area contributed by atoms with E-state index < -0.39 is 0 Å². The molecule has 4 heteroatoms. The van der Waals surface area contributed by atoms with Gasteiger partial charge in [0, 0.05) is 19.5 Å². The Morgan fingerprint density at radius 1 is 0.643 bits per heavy atom. The molecule has 1 N–H and O–H groups in total. The molecule has 3 nitrogen and oxygen atoms in total. The van der Waals surface area contributed by atoms with Gasteiger partial charge in [-0.3, -0.25) is 0 Å². The van der Waals surface area contributed by atoms with Gasteiger partial charge in [-0.05, 0) is 12.5 Å². The topological polar surface area (TPSA) is 36.8 Å². The average Bonchev–Trinajstić information content (AvgIpc) is 2.76. The number of benzene rings is 3. The van der Waals surface area contributed by atoms with Crippen LogP contribution in [0.25, 0.3) is 0 Å². The van der Waals surface area contributed by atoms with E-state index in [1.165, 1.54) is 5.56 Å². The molecule has 3 radical (unpaired) electrons. The third-order valence-corrected chi connectivity index (χ3v) is 4.21. The van der Waals surface area contributed by atoms with Crippen molar-refractivity contribution >= 4 is 20.1 Å². The van der Waals surface area contributed by atoms with Crippen molar-refractivity contribution in [2.24, 2.45) is 9.98 Å². The highest BCUT2D eigenvalue weighted by atomic mass is 15.2. The monoisotopic (exact) mass is 366 g/mol. The molecule has 28 heavy (non-hydrogen) atoms. The molecule has 3 aromatic carbocycles. The molecule has 0 aliphatic carbocycles. The van der Waals surface area contributed by atoms with Crippen LogP contribution in [0.1, 0.15) is 42.3 Å². The largest absolute Gasteiger partial charge is 0.324 e. The quantitative estimate of drug-likeness (QED) is 0.641. The maximum atomic E-state index is 4.85. The third-order valence-electron chi connectivity index (χ3n) is 4.21. The van der Waals surface area contributed by atoms with Crippen LogP contribution in [-0.4, -0.2) is 20.1 Å². The number of amidine groups is 2. The normalized spacial score (nSPS) is 13.1. The maximum Gasteiger partial charge on any atom is 0.169 e. The van der Waals surface area contributed by atoms with Crippen LogP contribution in [0.2, 0.25) is 0 Å². The molecule has 1 aliphatic heterocycles. The molecule has 0 amide bonds. The molecule has 0 saturated carbocycles. The summed E-state index contributed by atoms with van der Waals surface area (Å²) in [5.74, 6) is 1.69. The minimum Gasteiger partial charge on any atom is -0.324 e. The van der Waals surface area contributed by atoms with Gasteiger partial charge in [-0.2, -0.15) is 0 Å². The van der Waals surface area contributed by atoms with Gasteiger partial charge in [-0.25, -0.2) is 9.98 Å². The van der Waals surface area contributed by atoms with Crippen LogP contribution in [0.15, 0.2) is 94.9 Å². The Balaban J connectivity index is 0.000000906. The maximum absolute atomic E-state index is 4.85. The van der Waals surface area contributed by atoms with E-state index in [2.05, 4.69) is 60.8 Å². The first kappa shape index (κ1) is 21.2. The summed E-state index contributed by atoms with van der Waals surface area (Å²) in [4.78, 5) is 9.69. The summed E-state index contributed by atoms with van der Waals surface area (Å²) in [5.41, 5.74) is 4.44. The highest BCUT2D eigenvalue weighted by molar-refractivity contribution is 6.15. The van der Waals surface area contributed by atoms with Crippen molar-refractivity contribution in [3.8, 4) is 0 Å². The fraction of sp³-hybridized carbons (Fsp3) is 0.167. The van der Waals surface area contributed by atoms with Crippen molar-refractivity contribution in [3.63, 3.8) is 0 Å². The van der Waals surface area contributed by atoms with Gasteiger partial charge in [0.25, 0.3) is 0 Å². The summed E-state index contributed by atoms with van der Waals surface area (Å²) in [6, 6.07) is 28.8. The molecular weight excluding hydrogens is 341 g/mol. The van der Waals surface area contributed by atoms with Crippen molar-refractivity contribution in [1.29, 1.82) is 0 Å². The standard InChI is InChI=1S/C22H19N3.C2H6.B/c1-16-12-14-19(15-13-16)22-24-20(17-8-4-2-5-9-17)23-21(25-22)18-10-6-3-7-11-18;1-2;/h2-15,22H,1H3,(H,23,24,25);1-2H3;. The Bertz CT molecular complexity index is 862. The first-order valence-corrected chi connectivity index (χ1v) is 9.40. The van der Waals surface area contributed by atoms with E-state index in [9.17, 15) is 0 Å². The molecule has 0 unspecified atom stereocenters. The molecule has 0 aromatic heterocycles. The van der Waals surface area contributed by atoms with Crippen molar-refractivity contribution in [3.05, 3.63) is 107 Å². The van der Waals surface area contributed by atoms with Crippen LogP contribution >= 0.6 is 0 Å². The number of aliphatic imine (C=N–C) groups is 2. The Morgan fingerprint density at radius 2 is 1.07 bits per heavy atom. The predicted molar refractivity (Wildman–Crippen MR) is 120 cm³/mol. The number of hydrogen-bond donors (Lipinski definition) is 1. The zero-order valence-electron chi connectivity index (χ0n) is 16.6. The van der Waals surface area contributed by atoms with E-state index >= 15 is 0 Å². The first-order valence-electron chi connectivity index (χ1n) is 9.40. The van der Waals surface area contributed by atoms with Crippen LogP contribution in [0, 0.1) is 6.92 Å². The van der Waals surface area contributed by atoms with Crippen LogP contribution in [0.5, 0.6) is 0 Å². The lowest BCUT2D eigenvalue weighted by Crippen LogP contribution is -2.35. The highest BCUT2D eigenvalue weighted by Crippen LogP contribution is 2.24. The summed E-state index contributed by atoms with van der Waals surface area (Å²) in [5, 5.41) is 3.40. The fourth-order valence-electron chi connectivity index (χ4n) is 2.82. The van der Waals surface area contributed by atoms with Crippen LogP contribution in [0.4, 0.5) is 0 Å². The Morgan fingerprint density at radius 3 is 1.50 bits per heavy atom. The summed E-state index contributed by atoms with van der Waals surface area (Å²) >= 11 is 0. The number of aryl methyl sites for hydroxylation is 1. The summed E-state index contributed by atoms with van der Waals surface area (Å²) < 4.78 is 0. The Kier molecular flexibility index (Phi) is 7.76. The molecular formula is C24H25BN3. The smallest absolute Gasteiger partial charge is 0.169 e. The summed E-state index contributed by atoms with van der Waals surface area (Å²) in [7, 11) is 0. The van der Waals surface area contributed by atoms with Gasteiger partial charge in [0.05, 0.1) is 0 Å².